The molecule has 0 aromatic carbocycles. The van der Waals surface area contributed by atoms with Crippen molar-refractivity contribution in [1.29, 1.82) is 0 Å². The van der Waals surface area contributed by atoms with E-state index in [1.54, 1.807) is 0 Å². The van der Waals surface area contributed by atoms with Crippen LogP contribution in [0.3, 0.4) is 0 Å². The standard InChI is InChI=1S/C13H26N2S/c1-3-12-9-15(13(4-2)7-14-12)8-11-5-6-16-10-11/h11-14H,3-10H2,1-2H3. The van der Waals surface area contributed by atoms with Crippen molar-refractivity contribution in [3.8, 4) is 0 Å². The first kappa shape index (κ1) is 12.7. The summed E-state index contributed by atoms with van der Waals surface area (Å²) in [5.41, 5.74) is 0. The van der Waals surface area contributed by atoms with E-state index in [2.05, 4.69) is 35.8 Å². The third-order valence-electron chi connectivity index (χ3n) is 4.09. The van der Waals surface area contributed by atoms with Gasteiger partial charge in [-0.25, -0.2) is 0 Å². The minimum atomic E-state index is 0.733. The van der Waals surface area contributed by atoms with E-state index in [1.807, 2.05) is 0 Å². The number of nitrogens with one attached hydrogen (secondary N) is 1. The smallest absolute Gasteiger partial charge is 0.0218 e. The molecule has 16 heavy (non-hydrogen) atoms. The summed E-state index contributed by atoms with van der Waals surface area (Å²) in [5.74, 6) is 3.76. The molecule has 0 spiro atoms. The Morgan fingerprint density at radius 2 is 2.19 bits per heavy atom. The minimum absolute atomic E-state index is 0.733. The molecule has 2 aliphatic heterocycles. The van der Waals surface area contributed by atoms with E-state index in [4.69, 9.17) is 0 Å². The molecule has 0 aromatic heterocycles. The van der Waals surface area contributed by atoms with Gasteiger partial charge in [0.15, 0.2) is 0 Å². The fourth-order valence-electron chi connectivity index (χ4n) is 2.89. The van der Waals surface area contributed by atoms with E-state index in [1.165, 1.54) is 50.4 Å². The molecule has 3 atom stereocenters. The van der Waals surface area contributed by atoms with Gasteiger partial charge in [-0.1, -0.05) is 13.8 Å². The summed E-state index contributed by atoms with van der Waals surface area (Å²) in [6.07, 6.45) is 4.01. The molecule has 2 heterocycles. The first-order chi connectivity index (χ1) is 7.83. The van der Waals surface area contributed by atoms with Crippen LogP contribution in [0.2, 0.25) is 0 Å². The fraction of sp³-hybridized carbons (Fsp3) is 1.00. The maximum Gasteiger partial charge on any atom is 0.0218 e. The molecular weight excluding hydrogens is 216 g/mol. The van der Waals surface area contributed by atoms with Crippen molar-refractivity contribution in [2.24, 2.45) is 5.92 Å². The van der Waals surface area contributed by atoms with Gasteiger partial charge in [0.25, 0.3) is 0 Å². The predicted molar refractivity (Wildman–Crippen MR) is 73.2 cm³/mol. The summed E-state index contributed by atoms with van der Waals surface area (Å²) in [6.45, 7) is 8.46. The van der Waals surface area contributed by atoms with Gasteiger partial charge < -0.3 is 5.32 Å². The van der Waals surface area contributed by atoms with Crippen LogP contribution < -0.4 is 5.32 Å². The van der Waals surface area contributed by atoms with Crippen molar-refractivity contribution in [1.82, 2.24) is 10.2 Å². The summed E-state index contributed by atoms with van der Waals surface area (Å²) < 4.78 is 0. The highest BCUT2D eigenvalue weighted by Crippen LogP contribution is 2.26. The zero-order valence-electron chi connectivity index (χ0n) is 10.7. The third kappa shape index (κ3) is 3.14. The Hall–Kier alpha value is 0.270. The maximum atomic E-state index is 3.68. The number of piperazine rings is 1. The Morgan fingerprint density at radius 3 is 2.81 bits per heavy atom. The Labute approximate surface area is 105 Å². The van der Waals surface area contributed by atoms with E-state index in [-0.39, 0.29) is 0 Å². The molecular formula is C13H26N2S. The molecule has 0 aromatic rings. The monoisotopic (exact) mass is 242 g/mol. The average Bonchev–Trinajstić information content (AvgIpc) is 2.82. The van der Waals surface area contributed by atoms with Gasteiger partial charge >= 0.3 is 0 Å². The molecule has 0 aliphatic carbocycles. The van der Waals surface area contributed by atoms with Crippen molar-refractivity contribution < 1.29 is 0 Å². The second kappa shape index (κ2) is 6.27. The first-order valence-corrected chi connectivity index (χ1v) is 8.04. The zero-order chi connectivity index (χ0) is 11.4. The van der Waals surface area contributed by atoms with Crippen LogP contribution in [-0.4, -0.2) is 48.1 Å². The lowest BCUT2D eigenvalue weighted by Crippen LogP contribution is -2.57. The Bertz CT molecular complexity index is 204. The normalized spacial score (nSPS) is 36.8. The predicted octanol–water partition coefficient (Wildman–Crippen LogP) is 2.20. The summed E-state index contributed by atoms with van der Waals surface area (Å²) in [6, 6.07) is 1.52. The van der Waals surface area contributed by atoms with Gasteiger partial charge in [0.1, 0.15) is 0 Å². The fourth-order valence-corrected chi connectivity index (χ4v) is 4.16. The summed E-state index contributed by atoms with van der Waals surface area (Å²) in [7, 11) is 0. The summed E-state index contributed by atoms with van der Waals surface area (Å²) in [5, 5.41) is 3.68. The molecule has 2 nitrogen and oxygen atoms in total. The second-order valence-electron chi connectivity index (χ2n) is 5.26. The summed E-state index contributed by atoms with van der Waals surface area (Å²) in [4.78, 5) is 2.77. The molecule has 0 bridgehead atoms. The number of hydrogen-bond donors (Lipinski definition) is 1. The van der Waals surface area contributed by atoms with E-state index >= 15 is 0 Å². The van der Waals surface area contributed by atoms with Crippen molar-refractivity contribution in [3.05, 3.63) is 0 Å². The van der Waals surface area contributed by atoms with E-state index in [0.29, 0.717) is 0 Å². The van der Waals surface area contributed by atoms with Crippen LogP contribution >= 0.6 is 11.8 Å². The second-order valence-corrected chi connectivity index (χ2v) is 6.41. The van der Waals surface area contributed by atoms with Crippen molar-refractivity contribution in [2.45, 2.75) is 45.2 Å². The van der Waals surface area contributed by atoms with Crippen LogP contribution in [0.15, 0.2) is 0 Å². The highest BCUT2D eigenvalue weighted by molar-refractivity contribution is 7.99. The average molecular weight is 242 g/mol. The molecule has 2 saturated heterocycles. The van der Waals surface area contributed by atoms with Gasteiger partial charge in [-0.2, -0.15) is 11.8 Å². The lowest BCUT2D eigenvalue weighted by atomic mass is 10.0. The van der Waals surface area contributed by atoms with Crippen molar-refractivity contribution in [3.63, 3.8) is 0 Å². The number of nitrogens with zero attached hydrogens (tertiary/aromatic N) is 1. The van der Waals surface area contributed by atoms with Crippen molar-refractivity contribution >= 4 is 11.8 Å². The van der Waals surface area contributed by atoms with E-state index in [9.17, 15) is 0 Å². The van der Waals surface area contributed by atoms with Gasteiger partial charge in [-0.05, 0) is 36.7 Å². The van der Waals surface area contributed by atoms with Crippen LogP contribution in [0.25, 0.3) is 0 Å². The van der Waals surface area contributed by atoms with Gasteiger partial charge in [-0.3, -0.25) is 4.90 Å². The van der Waals surface area contributed by atoms with Crippen LogP contribution in [0, 0.1) is 5.92 Å². The molecule has 0 radical (unpaired) electrons. The lowest BCUT2D eigenvalue weighted by Gasteiger charge is -2.41. The van der Waals surface area contributed by atoms with Crippen molar-refractivity contribution in [2.75, 3.05) is 31.1 Å². The molecule has 3 heteroatoms. The first-order valence-electron chi connectivity index (χ1n) is 6.88. The molecule has 1 N–H and O–H groups in total. The highest BCUT2D eigenvalue weighted by Gasteiger charge is 2.28. The topological polar surface area (TPSA) is 15.3 Å². The quantitative estimate of drug-likeness (QED) is 0.814. The van der Waals surface area contributed by atoms with E-state index < -0.39 is 0 Å². The van der Waals surface area contributed by atoms with E-state index in [0.717, 1.165) is 18.0 Å². The molecule has 94 valence electrons. The van der Waals surface area contributed by atoms with Gasteiger partial charge in [0.2, 0.25) is 0 Å². The van der Waals surface area contributed by atoms with Gasteiger partial charge in [0, 0.05) is 31.7 Å². The lowest BCUT2D eigenvalue weighted by molar-refractivity contribution is 0.109. The van der Waals surface area contributed by atoms with Crippen LogP contribution in [-0.2, 0) is 0 Å². The molecule has 0 amide bonds. The highest BCUT2D eigenvalue weighted by atomic mass is 32.2. The zero-order valence-corrected chi connectivity index (χ0v) is 11.6. The molecule has 3 unspecified atom stereocenters. The number of hydrogen-bond acceptors (Lipinski definition) is 3. The maximum absolute atomic E-state index is 3.68. The molecule has 2 aliphatic rings. The Kier molecular flexibility index (Phi) is 4.98. The molecule has 2 fully saturated rings. The molecule has 2 rings (SSSR count). The van der Waals surface area contributed by atoms with Crippen LogP contribution in [0.1, 0.15) is 33.1 Å². The summed E-state index contributed by atoms with van der Waals surface area (Å²) >= 11 is 2.14. The van der Waals surface area contributed by atoms with Gasteiger partial charge in [-0.15, -0.1) is 0 Å². The molecule has 0 saturated carbocycles. The SMILES string of the molecule is CCC1CN(CC2CCSC2)C(CC)CN1. The number of thioether (sulfide) groups is 1. The minimum Gasteiger partial charge on any atom is -0.311 e. The third-order valence-corrected chi connectivity index (χ3v) is 5.33. The Balaban J connectivity index is 1.86. The largest absolute Gasteiger partial charge is 0.311 e. The number of rotatable bonds is 4. The van der Waals surface area contributed by atoms with Crippen LogP contribution in [0.4, 0.5) is 0 Å². The van der Waals surface area contributed by atoms with Crippen LogP contribution in [0.5, 0.6) is 0 Å². The Morgan fingerprint density at radius 1 is 1.31 bits per heavy atom. The van der Waals surface area contributed by atoms with Gasteiger partial charge in [0.05, 0.1) is 0 Å².